The number of rotatable bonds is 6. The zero-order valence-electron chi connectivity index (χ0n) is 14.1. The first kappa shape index (κ1) is 21.0. The summed E-state index contributed by atoms with van der Waals surface area (Å²) in [7, 11) is -2.63. The number of alkyl halides is 3. The van der Waals surface area contributed by atoms with E-state index in [0.29, 0.717) is 10.7 Å². The molecular formula is C17H16ClF3N2O3S. The second-order valence-electron chi connectivity index (χ2n) is 5.73. The van der Waals surface area contributed by atoms with Gasteiger partial charge in [0, 0.05) is 29.9 Å². The van der Waals surface area contributed by atoms with E-state index < -0.39 is 35.1 Å². The lowest BCUT2D eigenvalue weighted by Gasteiger charge is -2.18. The number of nitrogens with one attached hydrogen (secondary N) is 1. The third-order valence-corrected chi connectivity index (χ3v) is 5.23. The normalized spacial score (nSPS) is 11.9. The summed E-state index contributed by atoms with van der Waals surface area (Å²) in [5.41, 5.74) is 0.400. The molecule has 2 aromatic rings. The minimum atomic E-state index is -4.36. The van der Waals surface area contributed by atoms with Crippen LogP contribution >= 0.6 is 11.6 Å². The highest BCUT2D eigenvalue weighted by atomic mass is 35.5. The van der Waals surface area contributed by atoms with Crippen LogP contribution in [0.4, 0.5) is 18.9 Å². The Labute approximate surface area is 159 Å². The molecule has 0 saturated heterocycles. The molecular weight excluding hydrogens is 405 g/mol. The van der Waals surface area contributed by atoms with E-state index in [9.17, 15) is 26.4 Å². The van der Waals surface area contributed by atoms with Crippen LogP contribution in [-0.4, -0.2) is 39.0 Å². The summed E-state index contributed by atoms with van der Waals surface area (Å²) < 4.78 is 63.8. The number of anilines is 1. The molecule has 0 aromatic heterocycles. The standard InChI is InChI=1S/C17H16ClF3N2O3S/c1-23(11-10-17(19,20)21)16(24)12-2-8-15(9-3-12)27(25,26)22-14-6-4-13(18)5-7-14/h2-9,22H,10-11H2,1H3. The Balaban J connectivity index is 2.09. The van der Waals surface area contributed by atoms with Gasteiger partial charge in [0.05, 0.1) is 11.3 Å². The van der Waals surface area contributed by atoms with Gasteiger partial charge >= 0.3 is 6.18 Å². The van der Waals surface area contributed by atoms with Gasteiger partial charge in [-0.2, -0.15) is 13.2 Å². The molecule has 0 unspecified atom stereocenters. The van der Waals surface area contributed by atoms with Crippen molar-refractivity contribution in [1.29, 1.82) is 0 Å². The predicted octanol–water partition coefficient (Wildman–Crippen LogP) is 4.17. The number of benzene rings is 2. The minimum Gasteiger partial charge on any atom is -0.341 e. The highest BCUT2D eigenvalue weighted by molar-refractivity contribution is 7.92. The second kappa shape index (κ2) is 8.18. The van der Waals surface area contributed by atoms with Crippen LogP contribution in [0.2, 0.25) is 5.02 Å². The highest BCUT2D eigenvalue weighted by Crippen LogP contribution is 2.21. The van der Waals surface area contributed by atoms with Crippen molar-refractivity contribution in [3.8, 4) is 0 Å². The molecule has 0 bridgehead atoms. The predicted molar refractivity (Wildman–Crippen MR) is 96.3 cm³/mol. The number of amides is 1. The monoisotopic (exact) mass is 420 g/mol. The van der Waals surface area contributed by atoms with Gasteiger partial charge in [-0.25, -0.2) is 8.42 Å². The Kier molecular flexibility index (Phi) is 6.38. The average molecular weight is 421 g/mol. The fraction of sp³-hybridized carbons (Fsp3) is 0.235. The Morgan fingerprint density at radius 1 is 1.07 bits per heavy atom. The molecule has 0 aliphatic rings. The lowest BCUT2D eigenvalue weighted by atomic mass is 10.2. The SMILES string of the molecule is CN(CCC(F)(F)F)C(=O)c1ccc(S(=O)(=O)Nc2ccc(Cl)cc2)cc1. The Morgan fingerprint density at radius 3 is 2.15 bits per heavy atom. The molecule has 27 heavy (non-hydrogen) atoms. The van der Waals surface area contributed by atoms with Crippen molar-refractivity contribution < 1.29 is 26.4 Å². The van der Waals surface area contributed by atoms with Gasteiger partial charge in [0.25, 0.3) is 15.9 Å². The van der Waals surface area contributed by atoms with Crippen molar-refractivity contribution in [3.05, 3.63) is 59.1 Å². The van der Waals surface area contributed by atoms with Crippen LogP contribution in [0.15, 0.2) is 53.4 Å². The smallest absolute Gasteiger partial charge is 0.341 e. The molecule has 0 heterocycles. The molecule has 0 saturated carbocycles. The van der Waals surface area contributed by atoms with Crippen molar-refractivity contribution >= 4 is 33.2 Å². The topological polar surface area (TPSA) is 66.5 Å². The van der Waals surface area contributed by atoms with E-state index in [1.807, 2.05) is 0 Å². The van der Waals surface area contributed by atoms with Gasteiger partial charge in [-0.1, -0.05) is 11.6 Å². The quantitative estimate of drug-likeness (QED) is 0.762. The van der Waals surface area contributed by atoms with E-state index >= 15 is 0 Å². The minimum absolute atomic E-state index is 0.0881. The Hall–Kier alpha value is -2.26. The number of nitrogens with zero attached hydrogens (tertiary/aromatic N) is 1. The van der Waals surface area contributed by atoms with Crippen LogP contribution in [0.25, 0.3) is 0 Å². The first-order valence-electron chi connectivity index (χ1n) is 7.68. The lowest BCUT2D eigenvalue weighted by Crippen LogP contribution is -2.30. The van der Waals surface area contributed by atoms with Gasteiger partial charge in [-0.15, -0.1) is 0 Å². The van der Waals surface area contributed by atoms with Crippen molar-refractivity contribution in [3.63, 3.8) is 0 Å². The van der Waals surface area contributed by atoms with Crippen LogP contribution in [0.3, 0.4) is 0 Å². The molecule has 1 amide bonds. The molecule has 2 aromatic carbocycles. The molecule has 1 N–H and O–H groups in total. The van der Waals surface area contributed by atoms with Crippen LogP contribution in [0.1, 0.15) is 16.8 Å². The lowest BCUT2D eigenvalue weighted by molar-refractivity contribution is -0.136. The molecule has 146 valence electrons. The summed E-state index contributed by atoms with van der Waals surface area (Å²) in [4.78, 5) is 13.0. The van der Waals surface area contributed by atoms with Crippen LogP contribution in [-0.2, 0) is 10.0 Å². The molecule has 0 radical (unpaired) electrons. The zero-order valence-corrected chi connectivity index (χ0v) is 15.7. The maximum atomic E-state index is 12.3. The molecule has 0 spiro atoms. The third kappa shape index (κ3) is 6.14. The number of hydrogen-bond donors (Lipinski definition) is 1. The first-order chi connectivity index (χ1) is 12.5. The molecule has 0 aliphatic heterocycles. The van der Waals surface area contributed by atoms with E-state index in [4.69, 9.17) is 11.6 Å². The van der Waals surface area contributed by atoms with Gasteiger partial charge < -0.3 is 4.90 Å². The zero-order chi connectivity index (χ0) is 20.2. The second-order valence-corrected chi connectivity index (χ2v) is 7.85. The Bertz CT molecular complexity index is 899. The molecule has 2 rings (SSSR count). The molecule has 10 heteroatoms. The molecule has 0 atom stereocenters. The van der Waals surface area contributed by atoms with Gasteiger partial charge in [0.15, 0.2) is 0 Å². The van der Waals surface area contributed by atoms with E-state index in [-0.39, 0.29) is 10.5 Å². The summed E-state index contributed by atoms with van der Waals surface area (Å²) in [6.07, 6.45) is -5.48. The Morgan fingerprint density at radius 2 is 1.63 bits per heavy atom. The summed E-state index contributed by atoms with van der Waals surface area (Å²) in [5.74, 6) is -0.631. The average Bonchev–Trinajstić information content (AvgIpc) is 2.60. The van der Waals surface area contributed by atoms with Crippen LogP contribution < -0.4 is 4.72 Å². The summed E-state index contributed by atoms with van der Waals surface area (Å²) in [6.45, 7) is -0.486. The maximum Gasteiger partial charge on any atom is 0.390 e. The van der Waals surface area contributed by atoms with Gasteiger partial charge in [-0.3, -0.25) is 9.52 Å². The first-order valence-corrected chi connectivity index (χ1v) is 9.55. The van der Waals surface area contributed by atoms with Crippen molar-refractivity contribution in [1.82, 2.24) is 4.90 Å². The fourth-order valence-corrected chi connectivity index (χ4v) is 3.31. The summed E-state index contributed by atoms with van der Waals surface area (Å²) in [6, 6.07) is 11.0. The third-order valence-electron chi connectivity index (χ3n) is 3.59. The summed E-state index contributed by atoms with van der Waals surface area (Å²) >= 11 is 5.74. The molecule has 5 nitrogen and oxygen atoms in total. The molecule has 0 aliphatic carbocycles. The number of halogens is 4. The number of carbonyl (C=O) groups is 1. The van der Waals surface area contributed by atoms with Crippen LogP contribution in [0, 0.1) is 0 Å². The van der Waals surface area contributed by atoms with Crippen molar-refractivity contribution in [2.75, 3.05) is 18.3 Å². The van der Waals surface area contributed by atoms with Gasteiger partial charge in [0.1, 0.15) is 0 Å². The van der Waals surface area contributed by atoms with Gasteiger partial charge in [0.2, 0.25) is 0 Å². The van der Waals surface area contributed by atoms with E-state index in [0.717, 1.165) is 4.90 Å². The number of sulfonamides is 1. The van der Waals surface area contributed by atoms with Crippen molar-refractivity contribution in [2.24, 2.45) is 0 Å². The van der Waals surface area contributed by atoms with Crippen molar-refractivity contribution in [2.45, 2.75) is 17.5 Å². The molecule has 0 fully saturated rings. The highest BCUT2D eigenvalue weighted by Gasteiger charge is 2.28. The largest absolute Gasteiger partial charge is 0.390 e. The number of hydrogen-bond acceptors (Lipinski definition) is 3. The maximum absolute atomic E-state index is 12.3. The number of carbonyl (C=O) groups excluding carboxylic acids is 1. The van der Waals surface area contributed by atoms with Gasteiger partial charge in [-0.05, 0) is 48.5 Å². The van der Waals surface area contributed by atoms with E-state index in [1.165, 1.54) is 55.6 Å². The fourth-order valence-electron chi connectivity index (χ4n) is 2.13. The van der Waals surface area contributed by atoms with E-state index in [1.54, 1.807) is 0 Å². The summed E-state index contributed by atoms with van der Waals surface area (Å²) in [5, 5.41) is 0.454. The van der Waals surface area contributed by atoms with E-state index in [2.05, 4.69) is 4.72 Å². The van der Waals surface area contributed by atoms with Crippen LogP contribution in [0.5, 0.6) is 0 Å².